The summed E-state index contributed by atoms with van der Waals surface area (Å²) < 4.78 is 15.3. The van der Waals surface area contributed by atoms with Gasteiger partial charge in [0.25, 0.3) is 5.91 Å². The van der Waals surface area contributed by atoms with E-state index in [9.17, 15) is 14.4 Å². The summed E-state index contributed by atoms with van der Waals surface area (Å²) in [5.41, 5.74) is 1.91. The Labute approximate surface area is 168 Å². The van der Waals surface area contributed by atoms with Gasteiger partial charge in [0.05, 0.1) is 20.1 Å². The van der Waals surface area contributed by atoms with Crippen LogP contribution >= 0.6 is 0 Å². The molecule has 0 radical (unpaired) electrons. The fourth-order valence-corrected chi connectivity index (χ4v) is 2.96. The van der Waals surface area contributed by atoms with Crippen molar-refractivity contribution in [3.05, 3.63) is 53.6 Å². The lowest BCUT2D eigenvalue weighted by Gasteiger charge is -2.25. The average Bonchev–Trinajstić information content (AvgIpc) is 2.76. The van der Waals surface area contributed by atoms with Crippen LogP contribution in [0.1, 0.15) is 15.9 Å². The number of carbonyl (C=O) groups excluding carboxylic acids is 3. The fourth-order valence-electron chi connectivity index (χ4n) is 2.96. The molecule has 0 aliphatic carbocycles. The first-order valence-corrected chi connectivity index (χ1v) is 9.06. The zero-order valence-corrected chi connectivity index (χ0v) is 16.2. The van der Waals surface area contributed by atoms with Crippen LogP contribution in [0, 0.1) is 5.92 Å². The Morgan fingerprint density at radius 2 is 1.86 bits per heavy atom. The minimum absolute atomic E-state index is 0.184. The number of nitrogens with one attached hydrogen (secondary N) is 2. The van der Waals surface area contributed by atoms with Crippen LogP contribution in [-0.2, 0) is 20.7 Å². The van der Waals surface area contributed by atoms with Gasteiger partial charge in [0.2, 0.25) is 5.91 Å². The van der Waals surface area contributed by atoms with Crippen molar-refractivity contribution in [2.75, 3.05) is 32.7 Å². The Kier molecular flexibility index (Phi) is 6.33. The van der Waals surface area contributed by atoms with Crippen molar-refractivity contribution in [1.29, 1.82) is 0 Å². The number of ether oxygens (including phenoxy) is 3. The van der Waals surface area contributed by atoms with Gasteiger partial charge in [-0.15, -0.1) is 0 Å². The molecular weight excluding hydrogens is 376 g/mol. The summed E-state index contributed by atoms with van der Waals surface area (Å²) in [6.07, 6.45) is 0.439. The number of anilines is 1. The Balaban J connectivity index is 1.65. The normalized spacial score (nSPS) is 14.8. The summed E-state index contributed by atoms with van der Waals surface area (Å²) in [5, 5.41) is 5.38. The number of carbonyl (C=O) groups is 3. The third kappa shape index (κ3) is 5.04. The molecule has 2 aromatic carbocycles. The van der Waals surface area contributed by atoms with Crippen LogP contribution in [0.25, 0.3) is 0 Å². The molecule has 0 fully saturated rings. The van der Waals surface area contributed by atoms with Crippen LogP contribution in [0.2, 0.25) is 0 Å². The number of esters is 1. The molecule has 1 heterocycles. The van der Waals surface area contributed by atoms with Gasteiger partial charge in [0.15, 0.2) is 0 Å². The molecule has 2 N–H and O–H groups in total. The third-order valence-corrected chi connectivity index (χ3v) is 4.58. The van der Waals surface area contributed by atoms with Crippen molar-refractivity contribution in [1.82, 2.24) is 5.32 Å². The minimum atomic E-state index is -0.515. The first-order valence-electron chi connectivity index (χ1n) is 9.06. The van der Waals surface area contributed by atoms with E-state index in [4.69, 9.17) is 9.47 Å². The molecule has 0 spiro atoms. The van der Waals surface area contributed by atoms with Crippen LogP contribution in [0.5, 0.6) is 11.5 Å². The Morgan fingerprint density at radius 3 is 2.55 bits per heavy atom. The molecule has 0 unspecified atom stereocenters. The lowest BCUT2D eigenvalue weighted by Crippen LogP contribution is -2.39. The van der Waals surface area contributed by atoms with Crippen LogP contribution in [0.15, 0.2) is 42.5 Å². The monoisotopic (exact) mass is 398 g/mol. The second-order valence-corrected chi connectivity index (χ2v) is 6.51. The van der Waals surface area contributed by atoms with Crippen LogP contribution < -0.4 is 20.1 Å². The largest absolute Gasteiger partial charge is 0.497 e. The number of hydrogen-bond acceptors (Lipinski definition) is 6. The van der Waals surface area contributed by atoms with Crippen LogP contribution in [0.4, 0.5) is 5.69 Å². The molecule has 8 nitrogen and oxygen atoms in total. The van der Waals surface area contributed by atoms with E-state index in [1.807, 2.05) is 0 Å². The molecule has 0 saturated carbocycles. The molecule has 1 aliphatic rings. The number of rotatable bonds is 6. The van der Waals surface area contributed by atoms with Crippen molar-refractivity contribution < 1.29 is 28.6 Å². The van der Waals surface area contributed by atoms with E-state index in [0.29, 0.717) is 29.2 Å². The highest BCUT2D eigenvalue weighted by molar-refractivity contribution is 6.04. The second kappa shape index (κ2) is 9.09. The van der Waals surface area contributed by atoms with Gasteiger partial charge in [-0.2, -0.15) is 0 Å². The molecule has 3 rings (SSSR count). The highest BCUT2D eigenvalue weighted by Crippen LogP contribution is 2.30. The smallest absolute Gasteiger partial charge is 0.325 e. The zero-order chi connectivity index (χ0) is 20.8. The molecule has 152 valence electrons. The van der Waals surface area contributed by atoms with Crippen molar-refractivity contribution in [3.63, 3.8) is 0 Å². The second-order valence-electron chi connectivity index (χ2n) is 6.51. The molecule has 0 bridgehead atoms. The number of methoxy groups -OCH3 is 2. The molecule has 2 amide bonds. The van der Waals surface area contributed by atoms with Gasteiger partial charge < -0.3 is 24.8 Å². The van der Waals surface area contributed by atoms with Gasteiger partial charge in [-0.1, -0.05) is 0 Å². The average molecular weight is 398 g/mol. The number of hydrogen-bond donors (Lipinski definition) is 2. The van der Waals surface area contributed by atoms with E-state index < -0.39 is 11.9 Å². The van der Waals surface area contributed by atoms with E-state index in [0.717, 1.165) is 5.56 Å². The van der Waals surface area contributed by atoms with Crippen molar-refractivity contribution in [3.8, 4) is 11.5 Å². The van der Waals surface area contributed by atoms with Crippen LogP contribution in [0.3, 0.4) is 0 Å². The first kappa shape index (κ1) is 20.2. The third-order valence-electron chi connectivity index (χ3n) is 4.58. The Hall–Kier alpha value is -3.55. The predicted molar refractivity (Wildman–Crippen MR) is 105 cm³/mol. The van der Waals surface area contributed by atoms with E-state index in [1.54, 1.807) is 49.6 Å². The van der Waals surface area contributed by atoms with Crippen LogP contribution in [-0.4, -0.2) is 45.2 Å². The van der Waals surface area contributed by atoms with Gasteiger partial charge in [-0.3, -0.25) is 14.4 Å². The quantitative estimate of drug-likeness (QED) is 0.719. The Morgan fingerprint density at radius 1 is 1.10 bits per heavy atom. The first-order chi connectivity index (χ1) is 14.0. The molecule has 1 aliphatic heterocycles. The SMILES string of the molecule is COC(=O)CNC(=O)[C@@H]1COc2ccc(NC(=O)c3ccc(OC)cc3)cc2C1. The Bertz CT molecular complexity index is 910. The standard InChI is InChI=1S/C21H22N2O6/c1-27-17-6-3-13(4-7-17)21(26)23-16-5-8-18-14(10-16)9-15(12-29-18)20(25)22-11-19(24)28-2/h3-8,10,15H,9,11-12H2,1-2H3,(H,22,25)(H,23,26)/t15-/m0/s1. The zero-order valence-electron chi connectivity index (χ0n) is 16.2. The highest BCUT2D eigenvalue weighted by Gasteiger charge is 2.26. The van der Waals surface area contributed by atoms with E-state index >= 15 is 0 Å². The maximum absolute atomic E-state index is 12.4. The number of fused-ring (bicyclic) bond motifs is 1. The molecule has 1 atom stereocenters. The molecule has 0 aromatic heterocycles. The lowest BCUT2D eigenvalue weighted by atomic mass is 9.95. The van der Waals surface area contributed by atoms with Crippen molar-refractivity contribution >= 4 is 23.5 Å². The maximum Gasteiger partial charge on any atom is 0.325 e. The summed E-state index contributed by atoms with van der Waals surface area (Å²) in [7, 11) is 2.82. The number of benzene rings is 2. The molecule has 0 saturated heterocycles. The summed E-state index contributed by atoms with van der Waals surface area (Å²) >= 11 is 0. The van der Waals surface area contributed by atoms with Crippen molar-refractivity contribution in [2.45, 2.75) is 6.42 Å². The molecular formula is C21H22N2O6. The van der Waals surface area contributed by atoms with E-state index in [2.05, 4.69) is 15.4 Å². The predicted octanol–water partition coefficient (Wildman–Crippen LogP) is 1.79. The minimum Gasteiger partial charge on any atom is -0.497 e. The number of amides is 2. The van der Waals surface area contributed by atoms with Gasteiger partial charge in [-0.25, -0.2) is 0 Å². The highest BCUT2D eigenvalue weighted by atomic mass is 16.5. The van der Waals surface area contributed by atoms with E-state index in [-0.39, 0.29) is 25.0 Å². The summed E-state index contributed by atoms with van der Waals surface area (Å²) in [6, 6.07) is 12.1. The van der Waals surface area contributed by atoms with E-state index in [1.165, 1.54) is 7.11 Å². The van der Waals surface area contributed by atoms with Crippen molar-refractivity contribution in [2.24, 2.45) is 5.92 Å². The van der Waals surface area contributed by atoms with Gasteiger partial charge in [0.1, 0.15) is 24.7 Å². The molecule has 29 heavy (non-hydrogen) atoms. The summed E-state index contributed by atoms with van der Waals surface area (Å²) in [4.78, 5) is 35.9. The molecule has 2 aromatic rings. The molecule has 8 heteroatoms. The lowest BCUT2D eigenvalue weighted by molar-refractivity contribution is -0.141. The summed E-state index contributed by atoms with van der Waals surface area (Å²) in [6.45, 7) is 0.0359. The van der Waals surface area contributed by atoms with Gasteiger partial charge in [-0.05, 0) is 54.4 Å². The van der Waals surface area contributed by atoms with Gasteiger partial charge in [0, 0.05) is 11.3 Å². The summed E-state index contributed by atoms with van der Waals surface area (Å²) in [5.74, 6) is -0.141. The fraction of sp³-hybridized carbons (Fsp3) is 0.286. The maximum atomic E-state index is 12.4. The van der Waals surface area contributed by atoms with Gasteiger partial charge >= 0.3 is 5.97 Å². The topological polar surface area (TPSA) is 103 Å².